The number of benzene rings is 2. The van der Waals surface area contributed by atoms with Crippen LogP contribution in [0.1, 0.15) is 24.1 Å². The summed E-state index contributed by atoms with van der Waals surface area (Å²) in [6.07, 6.45) is 2.90. The summed E-state index contributed by atoms with van der Waals surface area (Å²) in [6.45, 7) is 6.92. The predicted molar refractivity (Wildman–Crippen MR) is 160 cm³/mol. The van der Waals surface area contributed by atoms with Crippen LogP contribution >= 0.6 is 0 Å². The molecule has 0 bridgehead atoms. The van der Waals surface area contributed by atoms with Crippen LogP contribution in [0.5, 0.6) is 5.88 Å². The molecule has 10 nitrogen and oxygen atoms in total. The van der Waals surface area contributed by atoms with Gasteiger partial charge in [0.25, 0.3) is 0 Å². The topological polar surface area (TPSA) is 101 Å². The maximum atomic E-state index is 14.0. The zero-order chi connectivity index (χ0) is 28.6. The van der Waals surface area contributed by atoms with E-state index < -0.39 is 0 Å². The molecule has 0 saturated carbocycles. The quantitative estimate of drug-likeness (QED) is 0.315. The first-order chi connectivity index (χ1) is 20.6. The second-order valence-electron chi connectivity index (χ2n) is 11.2. The Balaban J connectivity index is 1.20. The fourth-order valence-corrected chi connectivity index (χ4v) is 6.34. The van der Waals surface area contributed by atoms with E-state index in [1.807, 2.05) is 71.1 Å². The van der Waals surface area contributed by atoms with Gasteiger partial charge in [0, 0.05) is 38.2 Å². The number of aromatic amines is 1. The standard InChI is InChI=1S/C32H35N7O3/c1-21-34-26-9-5-6-10-28(26)39(21)19-30(40)38-13-12-37(17-22-11-14-42-20-22)18-29(38)31-33-16-27(35-31)24-15-23-7-3-4-8-25(23)36-32(24)41-2/h3-10,15-16,22,29H,11-14,17-20H2,1-2H3,(H,33,35)/t22?,29-/m0/s1. The van der Waals surface area contributed by atoms with Crippen molar-refractivity contribution in [2.75, 3.05) is 46.5 Å². The molecule has 2 aliphatic rings. The van der Waals surface area contributed by atoms with Gasteiger partial charge in [-0.1, -0.05) is 30.3 Å². The van der Waals surface area contributed by atoms with Crippen molar-refractivity contribution in [3.05, 3.63) is 72.4 Å². The molecule has 0 spiro atoms. The van der Waals surface area contributed by atoms with Gasteiger partial charge in [0.1, 0.15) is 24.2 Å². The minimum Gasteiger partial charge on any atom is -0.480 e. The maximum absolute atomic E-state index is 14.0. The third-order valence-corrected chi connectivity index (χ3v) is 8.55. The monoisotopic (exact) mass is 565 g/mol. The number of carbonyl (C=O) groups excluding carboxylic acids is 1. The molecule has 1 N–H and O–H groups in total. The van der Waals surface area contributed by atoms with Crippen LogP contribution in [0, 0.1) is 12.8 Å². The fraction of sp³-hybridized carbons (Fsp3) is 0.375. The van der Waals surface area contributed by atoms with Gasteiger partial charge >= 0.3 is 0 Å². The number of piperazine rings is 1. The molecule has 7 rings (SSSR count). The molecule has 2 aromatic carbocycles. The van der Waals surface area contributed by atoms with E-state index >= 15 is 0 Å². The Morgan fingerprint density at radius 3 is 2.76 bits per heavy atom. The summed E-state index contributed by atoms with van der Waals surface area (Å²) >= 11 is 0. The Morgan fingerprint density at radius 2 is 1.93 bits per heavy atom. The smallest absolute Gasteiger partial charge is 0.243 e. The number of nitrogens with zero attached hydrogens (tertiary/aromatic N) is 6. The van der Waals surface area contributed by atoms with Gasteiger partial charge in [0.2, 0.25) is 11.8 Å². The van der Waals surface area contributed by atoms with Crippen LogP contribution in [-0.2, 0) is 16.1 Å². The molecule has 0 radical (unpaired) electrons. The number of pyridine rings is 1. The summed E-state index contributed by atoms with van der Waals surface area (Å²) in [5.41, 5.74) is 4.39. The van der Waals surface area contributed by atoms with Gasteiger partial charge in [-0.15, -0.1) is 0 Å². The Bertz CT molecular complexity index is 1740. The minimum atomic E-state index is -0.225. The summed E-state index contributed by atoms with van der Waals surface area (Å²) in [7, 11) is 1.63. The molecular weight excluding hydrogens is 530 g/mol. The van der Waals surface area contributed by atoms with Crippen LogP contribution in [0.15, 0.2) is 60.8 Å². The van der Waals surface area contributed by atoms with E-state index in [4.69, 9.17) is 19.4 Å². The van der Waals surface area contributed by atoms with Gasteiger partial charge < -0.3 is 23.9 Å². The summed E-state index contributed by atoms with van der Waals surface area (Å²) < 4.78 is 13.3. The molecule has 2 aliphatic heterocycles. The van der Waals surface area contributed by atoms with E-state index in [2.05, 4.69) is 20.9 Å². The molecule has 5 aromatic rings. The average Bonchev–Trinajstić information content (AvgIpc) is 3.78. The highest BCUT2D eigenvalue weighted by Gasteiger charge is 2.35. The number of aromatic nitrogens is 5. The number of imidazole rings is 2. The number of rotatable bonds is 7. The molecule has 10 heteroatoms. The maximum Gasteiger partial charge on any atom is 0.243 e. The van der Waals surface area contributed by atoms with Crippen molar-refractivity contribution in [3.63, 3.8) is 0 Å². The lowest BCUT2D eigenvalue weighted by molar-refractivity contribution is -0.137. The second-order valence-corrected chi connectivity index (χ2v) is 11.2. The lowest BCUT2D eigenvalue weighted by atomic mass is 10.1. The number of hydrogen-bond acceptors (Lipinski definition) is 7. The van der Waals surface area contributed by atoms with Crippen molar-refractivity contribution in [3.8, 4) is 17.1 Å². The summed E-state index contributed by atoms with van der Waals surface area (Å²) in [5.74, 6) is 2.70. The highest BCUT2D eigenvalue weighted by molar-refractivity contribution is 5.85. The van der Waals surface area contributed by atoms with Crippen LogP contribution < -0.4 is 4.74 Å². The number of amides is 1. The van der Waals surface area contributed by atoms with Crippen molar-refractivity contribution in [2.24, 2.45) is 5.92 Å². The molecule has 0 aliphatic carbocycles. The zero-order valence-corrected chi connectivity index (χ0v) is 24.0. The van der Waals surface area contributed by atoms with Gasteiger partial charge in [0.05, 0.1) is 47.7 Å². The van der Waals surface area contributed by atoms with Crippen LogP contribution in [0.25, 0.3) is 33.2 Å². The summed E-state index contributed by atoms with van der Waals surface area (Å²) in [4.78, 5) is 36.2. The third kappa shape index (κ3) is 5.01. The first-order valence-corrected chi connectivity index (χ1v) is 14.6. The molecule has 1 unspecified atom stereocenters. The molecule has 2 atom stereocenters. The highest BCUT2D eigenvalue weighted by Crippen LogP contribution is 2.33. The lowest BCUT2D eigenvalue weighted by Crippen LogP contribution is -2.52. The number of fused-ring (bicyclic) bond motifs is 2. The van der Waals surface area contributed by atoms with Crippen molar-refractivity contribution < 1.29 is 14.3 Å². The molecule has 5 heterocycles. The van der Waals surface area contributed by atoms with E-state index in [1.165, 1.54) is 0 Å². The van der Waals surface area contributed by atoms with Crippen LogP contribution in [0.3, 0.4) is 0 Å². The van der Waals surface area contributed by atoms with Gasteiger partial charge in [-0.25, -0.2) is 15.0 Å². The Labute approximate surface area is 244 Å². The highest BCUT2D eigenvalue weighted by atomic mass is 16.5. The summed E-state index contributed by atoms with van der Waals surface area (Å²) in [5, 5.41) is 1.02. The molecule has 2 saturated heterocycles. The largest absolute Gasteiger partial charge is 0.480 e. The zero-order valence-electron chi connectivity index (χ0n) is 24.0. The Kier molecular flexibility index (Phi) is 7.09. The third-order valence-electron chi connectivity index (χ3n) is 8.55. The number of carbonyl (C=O) groups is 1. The summed E-state index contributed by atoms with van der Waals surface area (Å²) in [6, 6.07) is 17.8. The molecular formula is C32H35N7O3. The molecule has 2 fully saturated rings. The first-order valence-electron chi connectivity index (χ1n) is 14.6. The Morgan fingerprint density at radius 1 is 1.10 bits per heavy atom. The van der Waals surface area contributed by atoms with Gasteiger partial charge in [0.15, 0.2) is 0 Å². The van der Waals surface area contributed by atoms with Crippen LogP contribution in [0.4, 0.5) is 0 Å². The van der Waals surface area contributed by atoms with Crippen molar-refractivity contribution in [2.45, 2.75) is 25.9 Å². The van der Waals surface area contributed by atoms with Crippen molar-refractivity contribution in [1.29, 1.82) is 0 Å². The number of methoxy groups -OCH3 is 1. The van der Waals surface area contributed by atoms with Gasteiger partial charge in [-0.05, 0) is 43.5 Å². The second kappa shape index (κ2) is 11.2. The van der Waals surface area contributed by atoms with Crippen LogP contribution in [0.2, 0.25) is 0 Å². The lowest BCUT2D eigenvalue weighted by Gasteiger charge is -2.41. The number of ether oxygens (including phenoxy) is 2. The van der Waals surface area contributed by atoms with E-state index in [0.717, 1.165) is 77.6 Å². The number of nitrogens with one attached hydrogen (secondary N) is 1. The van der Waals surface area contributed by atoms with E-state index in [9.17, 15) is 4.79 Å². The molecule has 3 aromatic heterocycles. The average molecular weight is 566 g/mol. The van der Waals surface area contributed by atoms with Crippen LogP contribution in [-0.4, -0.2) is 86.7 Å². The normalized spacial score (nSPS) is 19.6. The van der Waals surface area contributed by atoms with Gasteiger partial charge in [-0.2, -0.15) is 0 Å². The van der Waals surface area contributed by atoms with Crippen molar-refractivity contribution in [1.82, 2.24) is 34.3 Å². The van der Waals surface area contributed by atoms with E-state index in [0.29, 0.717) is 24.9 Å². The first kappa shape index (κ1) is 26.6. The number of aryl methyl sites for hydroxylation is 1. The Hall–Kier alpha value is -4.28. The van der Waals surface area contributed by atoms with Gasteiger partial charge in [-0.3, -0.25) is 9.69 Å². The molecule has 42 heavy (non-hydrogen) atoms. The van der Waals surface area contributed by atoms with Crippen molar-refractivity contribution >= 4 is 27.8 Å². The fourth-order valence-electron chi connectivity index (χ4n) is 6.34. The molecule has 1 amide bonds. The number of H-pyrrole nitrogens is 1. The number of hydrogen-bond donors (Lipinski definition) is 1. The van der Waals surface area contributed by atoms with E-state index in [1.54, 1.807) is 7.11 Å². The predicted octanol–water partition coefficient (Wildman–Crippen LogP) is 4.21. The number of para-hydroxylation sites is 3. The molecule has 216 valence electrons. The van der Waals surface area contributed by atoms with E-state index in [-0.39, 0.29) is 18.5 Å². The SMILES string of the molecule is COc1nc2ccccc2cc1-c1cnc([C@@H]2CN(CC3CCOC3)CCN2C(=O)Cn2c(C)nc3ccccc32)[nH]1. The minimum absolute atomic E-state index is 0.0537.